The molecule has 36 heteroatoms. The van der Waals surface area contributed by atoms with Crippen LogP contribution < -0.4 is 58.1 Å². The van der Waals surface area contributed by atoms with E-state index in [-0.39, 0.29) is 36.9 Å². The predicted octanol–water partition coefficient (Wildman–Crippen LogP) is 7.42. The van der Waals surface area contributed by atoms with Crippen LogP contribution in [0.15, 0.2) is 171 Å². The molecule has 0 aliphatic heterocycles. The van der Waals surface area contributed by atoms with Crippen molar-refractivity contribution in [3.63, 3.8) is 0 Å². The van der Waals surface area contributed by atoms with E-state index in [1.807, 2.05) is 19.0 Å². The summed E-state index contributed by atoms with van der Waals surface area (Å²) in [5.74, 6) is 4.60. The standard InChI is InChI=1S/C21H26N8O2.C20H24N8O2.C13H22N2O.C12H20N2O.C9H8N6O3S.CH4/c1-27(12-14-30-3)16-8-6-15(7-9-16)10-11-28(2)20-24-19(22)29-21(25-20)23-18(26-29)17-5-4-13-31-17;1-27(11-13-29-2)15-7-5-14(6-8-15)9-10-22-19-24-18(21)28-20(25-19)23-17(26-28)16-4-3-12-30-16;1-14-9-8-12-4-6-13(7-5-12)15(2)10-11-16-3;1-14(9-10-15-2)12-5-3-11(4-6-12)7-8-13;1-19(16,17)9-12-7(10)15-8(13-9)11-6(14-15)5-3-2-4-18-5;/h4-9,13H,10-12,14H2,1-3H3,(H2,22,23,24,25,26);3-8,12H,9-11,13H2,1-2H3,(H3,21,22,23,24,25,26);4-7,14H,8-11H2,1-3H3;3-6H,7-10,13H2,1-2H3;2-4H,1H3,(H2,10,11,12,13,14);1H4. The van der Waals surface area contributed by atoms with Crippen LogP contribution in [0.3, 0.4) is 0 Å². The van der Waals surface area contributed by atoms with Gasteiger partial charge in [-0.05, 0) is 153 Å². The molecule has 0 atom stereocenters. The number of nitrogens with two attached hydrogens (primary N) is 4. The van der Waals surface area contributed by atoms with Crippen molar-refractivity contribution in [2.75, 3.05) is 203 Å². The van der Waals surface area contributed by atoms with Gasteiger partial charge in [0.25, 0.3) is 22.5 Å². The predicted molar refractivity (Wildman–Crippen MR) is 438 cm³/mol. The molecule has 0 unspecified atom stereocenters. The first-order valence-corrected chi connectivity index (χ1v) is 37.6. The molecule has 35 nitrogen and oxygen atoms in total. The molecule has 13 rings (SSSR count). The third-order valence-electron chi connectivity index (χ3n) is 17.1. The monoisotopic (exact) mass is 1560 g/mol. The molecule has 0 amide bonds. The fraction of sp³-hybridized carbons (Fsp3) is 0.368. The number of benzene rings is 4. The van der Waals surface area contributed by atoms with Gasteiger partial charge in [-0.2, -0.15) is 58.4 Å². The van der Waals surface area contributed by atoms with Crippen molar-refractivity contribution in [2.24, 2.45) is 5.73 Å². The summed E-state index contributed by atoms with van der Waals surface area (Å²) in [5, 5.41) is 18.6. The number of aromatic nitrogens is 15. The second-order valence-electron chi connectivity index (χ2n) is 25.4. The molecule has 9 heterocycles. The lowest BCUT2D eigenvalue weighted by Gasteiger charge is -2.20. The summed E-state index contributed by atoms with van der Waals surface area (Å²) < 4.78 is 62.9. The van der Waals surface area contributed by atoms with Gasteiger partial charge in [-0.1, -0.05) is 56.0 Å². The lowest BCUT2D eigenvalue weighted by Crippen LogP contribution is -2.24. The first-order chi connectivity index (χ1) is 53.7. The fourth-order valence-electron chi connectivity index (χ4n) is 10.6. The Kier molecular flexibility index (Phi) is 32.8. The van der Waals surface area contributed by atoms with Crippen molar-refractivity contribution in [1.82, 2.24) is 79.0 Å². The van der Waals surface area contributed by atoms with Crippen molar-refractivity contribution in [3.05, 3.63) is 175 Å². The Hall–Kier alpha value is -11.9. The van der Waals surface area contributed by atoms with Gasteiger partial charge in [0.2, 0.25) is 57.1 Å². The minimum atomic E-state index is -3.57. The molecular formula is C76H104N26O9S. The lowest BCUT2D eigenvalue weighted by atomic mass is 10.1. The molecule has 0 saturated carbocycles. The van der Waals surface area contributed by atoms with Gasteiger partial charge >= 0.3 is 0 Å². The SMILES string of the molecule is C.CNCCc1ccc(N(C)CCOC)cc1.COCCN(C)c1ccc(CCN(C)c2nc(N)n3nc(-c4ccco4)nc3n2)cc1.COCCN(C)c1ccc(CCN)cc1.COCCN(C)c1ccc(CCNc2nc(N)n3nc(-c4ccco4)nc3n2)cc1.CS(=O)(=O)c1nc(N)n2nc(-c3ccco3)nc2n1. The van der Waals surface area contributed by atoms with Crippen LogP contribution in [0.1, 0.15) is 29.7 Å². The average molecular weight is 1560 g/mol. The molecule has 0 fully saturated rings. The van der Waals surface area contributed by atoms with Crippen LogP contribution in [0.2, 0.25) is 0 Å². The van der Waals surface area contributed by atoms with E-state index in [0.29, 0.717) is 78.7 Å². The number of hydrogen-bond donors (Lipinski definition) is 6. The van der Waals surface area contributed by atoms with Crippen molar-refractivity contribution in [2.45, 2.75) is 38.3 Å². The summed E-state index contributed by atoms with van der Waals surface area (Å²) in [4.78, 5) is 48.5. The number of nitrogens with zero attached hydrogens (tertiary/aromatic N) is 20. The number of anilines is 9. The molecule has 13 aromatic rings. The number of sulfone groups is 1. The fourth-order valence-corrected chi connectivity index (χ4v) is 11.1. The van der Waals surface area contributed by atoms with E-state index < -0.39 is 15.0 Å². The van der Waals surface area contributed by atoms with Crippen LogP contribution in [-0.2, 0) is 54.5 Å². The number of ether oxygens (including phenoxy) is 4. The van der Waals surface area contributed by atoms with Gasteiger partial charge in [0.05, 0.1) is 45.2 Å². The minimum Gasteiger partial charge on any atom is -0.461 e. The van der Waals surface area contributed by atoms with Gasteiger partial charge in [-0.15, -0.1) is 15.3 Å². The number of rotatable bonds is 33. The molecule has 0 spiro atoms. The minimum absolute atomic E-state index is 0. The number of fused-ring (bicyclic) bond motifs is 3. The van der Waals surface area contributed by atoms with E-state index in [2.05, 4.69) is 216 Å². The number of nitrogens with one attached hydrogen (secondary N) is 2. The molecule has 0 aliphatic carbocycles. The Balaban J connectivity index is 0.000000181. The third-order valence-corrected chi connectivity index (χ3v) is 18.0. The van der Waals surface area contributed by atoms with Crippen LogP contribution in [0, 0.1) is 0 Å². The summed E-state index contributed by atoms with van der Waals surface area (Å²) >= 11 is 0. The molecule has 10 N–H and O–H groups in total. The molecule has 0 aliphatic rings. The second kappa shape index (κ2) is 42.9. The average Bonchev–Trinajstić information content (AvgIpc) is 1.65. The third kappa shape index (κ3) is 24.8. The number of methoxy groups -OCH3 is 4. The Morgan fingerprint density at radius 1 is 0.420 bits per heavy atom. The highest BCUT2D eigenvalue weighted by molar-refractivity contribution is 7.90. The normalized spacial score (nSPS) is 11.0. The largest absolute Gasteiger partial charge is 0.461 e. The molecular weight excluding hydrogens is 1450 g/mol. The summed E-state index contributed by atoms with van der Waals surface area (Å²) in [6, 6.07) is 44.7. The van der Waals surface area contributed by atoms with Gasteiger partial charge < -0.3 is 90.3 Å². The molecule has 9 aromatic heterocycles. The van der Waals surface area contributed by atoms with Crippen molar-refractivity contribution in [1.29, 1.82) is 0 Å². The summed E-state index contributed by atoms with van der Waals surface area (Å²) in [6.07, 6.45) is 9.28. The zero-order chi connectivity index (χ0) is 79.2. The van der Waals surface area contributed by atoms with Gasteiger partial charge in [-0.25, -0.2) is 8.42 Å². The van der Waals surface area contributed by atoms with Crippen LogP contribution in [0.25, 0.3) is 52.1 Å². The first kappa shape index (κ1) is 85.7. The number of nitrogen functional groups attached to an aromatic ring is 3. The Morgan fingerprint density at radius 2 is 0.768 bits per heavy atom. The molecule has 4 aromatic carbocycles. The van der Waals surface area contributed by atoms with E-state index >= 15 is 0 Å². The lowest BCUT2D eigenvalue weighted by molar-refractivity contribution is 0.206. The molecule has 0 bridgehead atoms. The van der Waals surface area contributed by atoms with Gasteiger partial charge in [0.15, 0.2) is 17.3 Å². The Labute approximate surface area is 652 Å². The van der Waals surface area contributed by atoms with E-state index in [9.17, 15) is 8.42 Å². The van der Waals surface area contributed by atoms with Gasteiger partial charge in [0.1, 0.15) is 0 Å². The first-order valence-electron chi connectivity index (χ1n) is 35.7. The zero-order valence-electron chi connectivity index (χ0n) is 64.6. The van der Waals surface area contributed by atoms with Crippen molar-refractivity contribution in [3.8, 4) is 34.8 Å². The maximum atomic E-state index is 11.4. The smallest absolute Gasteiger partial charge is 0.259 e. The Bertz CT molecular complexity index is 4990. The van der Waals surface area contributed by atoms with E-state index in [0.717, 1.165) is 100 Å². The molecule has 598 valence electrons. The highest BCUT2D eigenvalue weighted by Crippen LogP contribution is 2.24. The molecule has 0 radical (unpaired) electrons. The molecule has 112 heavy (non-hydrogen) atoms. The summed E-state index contributed by atoms with van der Waals surface area (Å²) in [6.45, 7) is 9.57. The van der Waals surface area contributed by atoms with E-state index in [1.165, 1.54) is 48.9 Å². The van der Waals surface area contributed by atoms with E-state index in [1.54, 1.807) is 77.4 Å². The topological polar surface area (TPSA) is 423 Å². The maximum Gasteiger partial charge on any atom is 0.259 e. The number of hydrogen-bond acceptors (Lipinski definition) is 32. The van der Waals surface area contributed by atoms with Gasteiger partial charge in [-0.3, -0.25) is 0 Å². The number of furan rings is 3. The van der Waals surface area contributed by atoms with Crippen LogP contribution >= 0.6 is 0 Å². The molecule has 0 saturated heterocycles. The number of likely N-dealkylation sites (N-methyl/N-ethyl adjacent to an activating group) is 6. The Morgan fingerprint density at radius 3 is 1.12 bits per heavy atom. The highest BCUT2D eigenvalue weighted by Gasteiger charge is 2.21. The summed E-state index contributed by atoms with van der Waals surface area (Å²) in [7, 11) is 15.5. The maximum absolute atomic E-state index is 11.4. The van der Waals surface area contributed by atoms with Crippen molar-refractivity contribution < 1.29 is 40.6 Å². The highest BCUT2D eigenvalue weighted by atomic mass is 32.2. The zero-order valence-corrected chi connectivity index (χ0v) is 65.4. The van der Waals surface area contributed by atoms with Gasteiger partial charge in [0, 0.05) is 132 Å². The van der Waals surface area contributed by atoms with Crippen LogP contribution in [0.4, 0.5) is 52.5 Å². The van der Waals surface area contributed by atoms with Crippen LogP contribution in [-0.4, -0.2) is 238 Å². The quantitative estimate of drug-likeness (QED) is 0.0233. The second-order valence-corrected chi connectivity index (χ2v) is 27.3. The van der Waals surface area contributed by atoms with Crippen molar-refractivity contribution >= 4 is 79.7 Å². The van der Waals surface area contributed by atoms with Crippen LogP contribution in [0.5, 0.6) is 0 Å². The van der Waals surface area contributed by atoms with E-state index in [4.69, 9.17) is 55.1 Å². The summed E-state index contributed by atoms with van der Waals surface area (Å²) in [5.41, 5.74) is 33.1.